The third-order valence-corrected chi connectivity index (χ3v) is 9.97. The van der Waals surface area contributed by atoms with Gasteiger partial charge in [0.2, 0.25) is 0 Å². The number of aromatic carboxylic acids is 1. The number of aliphatic hydroxyl groups is 1. The van der Waals surface area contributed by atoms with Crippen molar-refractivity contribution in [2.45, 2.75) is 50.0 Å². The molecule has 0 radical (unpaired) electrons. The van der Waals surface area contributed by atoms with Gasteiger partial charge in [-0.1, -0.05) is 110 Å². The highest BCUT2D eigenvalue weighted by Crippen LogP contribution is 2.43. The molecule has 6 rings (SSSR count). The number of ether oxygens (including phenoxy) is 2. The van der Waals surface area contributed by atoms with Gasteiger partial charge >= 0.3 is 12.0 Å². The average molecular weight is 689 g/mol. The molecule has 5 aromatic rings. The van der Waals surface area contributed by atoms with E-state index in [-0.39, 0.29) is 36.3 Å². The van der Waals surface area contributed by atoms with Crippen molar-refractivity contribution in [2.24, 2.45) is 5.92 Å². The highest BCUT2D eigenvalue weighted by Gasteiger charge is 2.38. The standard InChI is InChI=1S/C41H40N2O6S/c1-27-36(26-50-37-16-6-5-15-35(37)39(45)46)48-40(49-38(27)31-19-17-29(25-44)18-20-31)34-14-8-13-33(22-34)32-12-7-11-30(21-32)24-43-41(47)42-23-28-9-3-2-4-10-28/h2-22,27,36,38,40,44H,23-26H2,1H3,(H,45,46)(H2,42,43,47)/t27-,36+,38+,40+/m0/s1. The summed E-state index contributed by atoms with van der Waals surface area (Å²) in [7, 11) is 0. The van der Waals surface area contributed by atoms with Crippen LogP contribution in [0.5, 0.6) is 0 Å². The lowest BCUT2D eigenvalue weighted by molar-refractivity contribution is -0.268. The van der Waals surface area contributed by atoms with Crippen molar-refractivity contribution in [3.8, 4) is 11.1 Å². The topological polar surface area (TPSA) is 117 Å². The van der Waals surface area contributed by atoms with E-state index in [0.29, 0.717) is 23.7 Å². The fraction of sp³-hybridized carbons (Fsp3) is 0.220. The Bertz CT molecular complexity index is 1900. The third-order valence-electron chi connectivity index (χ3n) is 8.81. The van der Waals surface area contributed by atoms with Crippen LogP contribution in [0.3, 0.4) is 0 Å². The van der Waals surface area contributed by atoms with Gasteiger partial charge in [0.15, 0.2) is 6.29 Å². The van der Waals surface area contributed by atoms with E-state index in [9.17, 15) is 19.8 Å². The van der Waals surface area contributed by atoms with Crippen molar-refractivity contribution in [3.05, 3.63) is 161 Å². The molecular formula is C41H40N2O6S. The number of aliphatic hydroxyl groups excluding tert-OH is 1. The second kappa shape index (κ2) is 16.7. The molecule has 256 valence electrons. The lowest BCUT2D eigenvalue weighted by atomic mass is 9.91. The summed E-state index contributed by atoms with van der Waals surface area (Å²) >= 11 is 1.47. The largest absolute Gasteiger partial charge is 0.478 e. The van der Waals surface area contributed by atoms with Crippen molar-refractivity contribution >= 4 is 23.8 Å². The lowest BCUT2D eigenvalue weighted by Crippen LogP contribution is -2.38. The van der Waals surface area contributed by atoms with E-state index in [1.54, 1.807) is 12.1 Å². The van der Waals surface area contributed by atoms with E-state index < -0.39 is 12.3 Å². The molecule has 0 spiro atoms. The number of thioether (sulfide) groups is 1. The number of rotatable bonds is 12. The Morgan fingerprint density at radius 3 is 2.10 bits per heavy atom. The van der Waals surface area contributed by atoms with Gasteiger partial charge in [0.05, 0.1) is 24.4 Å². The Morgan fingerprint density at radius 1 is 0.700 bits per heavy atom. The highest BCUT2D eigenvalue weighted by atomic mass is 32.2. The molecule has 1 heterocycles. The summed E-state index contributed by atoms with van der Waals surface area (Å²) in [5, 5.41) is 25.2. The van der Waals surface area contributed by atoms with Crippen LogP contribution in [0.15, 0.2) is 132 Å². The van der Waals surface area contributed by atoms with Gasteiger partial charge in [0.25, 0.3) is 0 Å². The van der Waals surface area contributed by atoms with Gasteiger partial charge < -0.3 is 30.3 Å². The second-order valence-corrected chi connectivity index (χ2v) is 13.3. The Labute approximate surface area is 296 Å². The molecule has 2 amide bonds. The Balaban J connectivity index is 1.19. The summed E-state index contributed by atoms with van der Waals surface area (Å²) in [6.45, 7) is 2.88. The smallest absolute Gasteiger partial charge is 0.336 e. The number of hydrogen-bond donors (Lipinski definition) is 4. The average Bonchev–Trinajstić information content (AvgIpc) is 3.16. The SMILES string of the molecule is C[C@H]1[C@@H](CSc2ccccc2C(=O)O)O[C@@H](c2cccc(-c3cccc(CNC(=O)NCc4ccccc4)c3)c2)O[C@H]1c1ccc(CO)cc1. The lowest BCUT2D eigenvalue weighted by Gasteiger charge is -2.41. The second-order valence-electron chi connectivity index (χ2n) is 12.3. The number of nitrogens with one attached hydrogen (secondary N) is 2. The van der Waals surface area contributed by atoms with Crippen LogP contribution < -0.4 is 10.6 Å². The maximum atomic E-state index is 12.5. The molecule has 4 N–H and O–H groups in total. The molecule has 5 aromatic carbocycles. The summed E-state index contributed by atoms with van der Waals surface area (Å²) in [6, 6.07) is 40.4. The monoisotopic (exact) mass is 688 g/mol. The minimum atomic E-state index is -0.961. The number of carbonyl (C=O) groups excluding carboxylic acids is 1. The van der Waals surface area contributed by atoms with Crippen molar-refractivity contribution in [1.29, 1.82) is 0 Å². The minimum Gasteiger partial charge on any atom is -0.478 e. The van der Waals surface area contributed by atoms with Gasteiger partial charge in [-0.2, -0.15) is 0 Å². The zero-order valence-electron chi connectivity index (χ0n) is 27.7. The van der Waals surface area contributed by atoms with Crippen LogP contribution in [-0.4, -0.2) is 34.1 Å². The summed E-state index contributed by atoms with van der Waals surface area (Å²) in [5.74, 6) is -0.478. The van der Waals surface area contributed by atoms with Gasteiger partial charge in [-0.25, -0.2) is 9.59 Å². The molecular weight excluding hydrogens is 649 g/mol. The number of amides is 2. The zero-order chi connectivity index (χ0) is 34.9. The van der Waals surface area contributed by atoms with Crippen LogP contribution in [-0.2, 0) is 29.2 Å². The van der Waals surface area contributed by atoms with Crippen LogP contribution in [0.2, 0.25) is 0 Å². The van der Waals surface area contributed by atoms with Gasteiger partial charge in [-0.3, -0.25) is 0 Å². The summed E-state index contributed by atoms with van der Waals surface area (Å²) in [5.41, 5.74) is 6.89. The molecule has 9 heteroatoms. The van der Waals surface area contributed by atoms with Gasteiger partial charge in [0.1, 0.15) is 0 Å². The molecule has 8 nitrogen and oxygen atoms in total. The molecule has 4 atom stereocenters. The number of carbonyl (C=O) groups is 2. The fourth-order valence-corrected chi connectivity index (χ4v) is 7.21. The third kappa shape index (κ3) is 8.80. The Morgan fingerprint density at radius 2 is 1.36 bits per heavy atom. The van der Waals surface area contributed by atoms with Crippen LogP contribution in [0.1, 0.15) is 57.5 Å². The number of urea groups is 1. The predicted octanol–water partition coefficient (Wildman–Crippen LogP) is 8.13. The molecule has 1 aliphatic rings. The Hall–Kier alpha value is -4.93. The summed E-state index contributed by atoms with van der Waals surface area (Å²) in [4.78, 5) is 25.0. The number of hydrogen-bond acceptors (Lipinski definition) is 6. The first-order valence-electron chi connectivity index (χ1n) is 16.6. The normalized spacial score (nSPS) is 18.7. The van der Waals surface area contributed by atoms with Crippen LogP contribution in [0.4, 0.5) is 4.79 Å². The van der Waals surface area contributed by atoms with Crippen molar-refractivity contribution < 1.29 is 29.3 Å². The number of carboxylic acid groups (broad SMARTS) is 1. The highest BCUT2D eigenvalue weighted by molar-refractivity contribution is 7.99. The molecule has 1 aliphatic heterocycles. The number of benzene rings is 5. The number of carboxylic acids is 1. The molecule has 0 aliphatic carbocycles. The van der Waals surface area contributed by atoms with Gasteiger partial charge in [0, 0.05) is 35.2 Å². The molecule has 50 heavy (non-hydrogen) atoms. The van der Waals surface area contributed by atoms with Crippen LogP contribution >= 0.6 is 11.8 Å². The minimum absolute atomic E-state index is 0.0408. The quantitative estimate of drug-likeness (QED) is 0.0979. The first kappa shape index (κ1) is 34.9. The van der Waals surface area contributed by atoms with Crippen LogP contribution in [0, 0.1) is 5.92 Å². The van der Waals surface area contributed by atoms with E-state index in [1.165, 1.54) is 11.8 Å². The van der Waals surface area contributed by atoms with Gasteiger partial charge in [-0.05, 0) is 57.6 Å². The predicted molar refractivity (Wildman–Crippen MR) is 194 cm³/mol. The Kier molecular flexibility index (Phi) is 11.6. The molecule has 0 unspecified atom stereocenters. The molecule has 1 saturated heterocycles. The summed E-state index contributed by atoms with van der Waals surface area (Å²) < 4.78 is 13.3. The first-order valence-corrected chi connectivity index (χ1v) is 17.6. The maximum Gasteiger partial charge on any atom is 0.336 e. The van der Waals surface area contributed by atoms with Crippen molar-refractivity contribution in [3.63, 3.8) is 0 Å². The summed E-state index contributed by atoms with van der Waals surface area (Å²) in [6.07, 6.45) is -1.23. The van der Waals surface area contributed by atoms with E-state index in [0.717, 1.165) is 38.9 Å². The van der Waals surface area contributed by atoms with E-state index in [4.69, 9.17) is 9.47 Å². The van der Waals surface area contributed by atoms with E-state index in [1.807, 2.05) is 103 Å². The van der Waals surface area contributed by atoms with E-state index >= 15 is 0 Å². The zero-order valence-corrected chi connectivity index (χ0v) is 28.5. The molecule has 0 saturated carbocycles. The molecule has 0 aromatic heterocycles. The fourth-order valence-electron chi connectivity index (χ4n) is 6.00. The maximum absolute atomic E-state index is 12.5. The molecule has 0 bridgehead atoms. The van der Waals surface area contributed by atoms with E-state index in [2.05, 4.69) is 29.7 Å². The van der Waals surface area contributed by atoms with Gasteiger partial charge in [-0.15, -0.1) is 11.8 Å². The van der Waals surface area contributed by atoms with Crippen LogP contribution in [0.25, 0.3) is 11.1 Å². The first-order chi connectivity index (χ1) is 24.4. The van der Waals surface area contributed by atoms with Crippen molar-refractivity contribution in [1.82, 2.24) is 10.6 Å². The molecule has 1 fully saturated rings. The van der Waals surface area contributed by atoms with Crippen molar-refractivity contribution in [2.75, 3.05) is 5.75 Å².